The van der Waals surface area contributed by atoms with E-state index < -0.39 is 0 Å². The molecule has 114 valence electrons. The number of ether oxygens (including phenoxy) is 2. The smallest absolute Gasteiger partial charge is 0.310 e. The molecule has 1 aromatic rings. The molecular formula is C16H21NO4. The van der Waals surface area contributed by atoms with Crippen LogP contribution in [0.3, 0.4) is 0 Å². The van der Waals surface area contributed by atoms with E-state index in [4.69, 9.17) is 9.47 Å². The number of benzene rings is 1. The van der Waals surface area contributed by atoms with Crippen molar-refractivity contribution in [2.75, 3.05) is 26.8 Å². The topological polar surface area (TPSA) is 55.8 Å². The molecule has 0 aliphatic carbocycles. The van der Waals surface area contributed by atoms with Gasteiger partial charge in [0, 0.05) is 13.1 Å². The first-order valence-corrected chi connectivity index (χ1v) is 7.07. The van der Waals surface area contributed by atoms with Crippen LogP contribution in [-0.4, -0.2) is 43.6 Å². The molecule has 1 saturated heterocycles. The van der Waals surface area contributed by atoms with Gasteiger partial charge in [0.1, 0.15) is 5.75 Å². The minimum absolute atomic E-state index is 0.00180. The third kappa shape index (κ3) is 3.54. The Kier molecular flexibility index (Phi) is 4.83. The zero-order chi connectivity index (χ0) is 15.4. The van der Waals surface area contributed by atoms with Crippen molar-refractivity contribution in [2.24, 2.45) is 5.92 Å². The quantitative estimate of drug-likeness (QED) is 0.792. The van der Waals surface area contributed by atoms with Gasteiger partial charge in [-0.3, -0.25) is 9.59 Å². The highest BCUT2D eigenvalue weighted by Crippen LogP contribution is 2.21. The first-order chi connectivity index (χ1) is 10.0. The molecule has 2 rings (SSSR count). The maximum absolute atomic E-state index is 12.1. The van der Waals surface area contributed by atoms with E-state index in [2.05, 4.69) is 0 Å². The van der Waals surface area contributed by atoms with Gasteiger partial charge < -0.3 is 14.4 Å². The molecule has 5 heteroatoms. The number of hydrogen-bond acceptors (Lipinski definition) is 4. The molecule has 0 N–H and O–H groups in total. The Balaban J connectivity index is 1.88. The van der Waals surface area contributed by atoms with Crippen molar-refractivity contribution in [3.05, 3.63) is 29.3 Å². The fraction of sp³-hybridized carbons (Fsp3) is 0.500. The van der Waals surface area contributed by atoms with Gasteiger partial charge in [0.2, 0.25) is 0 Å². The number of aryl methyl sites for hydroxylation is 1. The molecule has 1 amide bonds. The average Bonchev–Trinajstić information content (AvgIpc) is 2.97. The summed E-state index contributed by atoms with van der Waals surface area (Å²) in [7, 11) is 1.37. The van der Waals surface area contributed by atoms with Crippen molar-refractivity contribution in [3.8, 4) is 5.75 Å². The molecule has 1 aliphatic heterocycles. The maximum Gasteiger partial charge on any atom is 0.310 e. The summed E-state index contributed by atoms with van der Waals surface area (Å²) >= 11 is 0. The van der Waals surface area contributed by atoms with Gasteiger partial charge in [-0.15, -0.1) is 0 Å². The minimum atomic E-state index is -0.249. The van der Waals surface area contributed by atoms with E-state index in [0.29, 0.717) is 19.5 Å². The molecule has 1 fully saturated rings. The first-order valence-electron chi connectivity index (χ1n) is 7.07. The summed E-state index contributed by atoms with van der Waals surface area (Å²) < 4.78 is 10.3. The van der Waals surface area contributed by atoms with Crippen LogP contribution in [0.25, 0.3) is 0 Å². The van der Waals surface area contributed by atoms with Gasteiger partial charge in [-0.1, -0.05) is 12.1 Å². The number of methoxy groups -OCH3 is 1. The van der Waals surface area contributed by atoms with Crippen molar-refractivity contribution >= 4 is 11.9 Å². The van der Waals surface area contributed by atoms with E-state index in [1.807, 2.05) is 32.0 Å². The largest absolute Gasteiger partial charge is 0.483 e. The Morgan fingerprint density at radius 2 is 2.10 bits per heavy atom. The van der Waals surface area contributed by atoms with E-state index in [9.17, 15) is 9.59 Å². The molecule has 1 aromatic carbocycles. The molecule has 0 aromatic heterocycles. The number of carbonyl (C=O) groups excluding carboxylic acids is 2. The van der Waals surface area contributed by atoms with Gasteiger partial charge in [-0.05, 0) is 37.5 Å². The second kappa shape index (κ2) is 6.61. The summed E-state index contributed by atoms with van der Waals surface area (Å²) in [6, 6.07) is 5.77. The molecule has 5 nitrogen and oxygen atoms in total. The van der Waals surface area contributed by atoms with E-state index in [0.717, 1.165) is 16.9 Å². The summed E-state index contributed by atoms with van der Waals surface area (Å²) in [5, 5.41) is 0. The molecule has 0 radical (unpaired) electrons. The normalized spacial score (nSPS) is 17.7. The van der Waals surface area contributed by atoms with Gasteiger partial charge in [0.15, 0.2) is 6.61 Å². The number of esters is 1. The monoisotopic (exact) mass is 291 g/mol. The van der Waals surface area contributed by atoms with Gasteiger partial charge >= 0.3 is 5.97 Å². The van der Waals surface area contributed by atoms with Crippen LogP contribution in [0.5, 0.6) is 5.75 Å². The highest BCUT2D eigenvalue weighted by molar-refractivity contribution is 5.80. The zero-order valence-corrected chi connectivity index (χ0v) is 12.7. The maximum atomic E-state index is 12.1. The van der Waals surface area contributed by atoms with Crippen molar-refractivity contribution in [2.45, 2.75) is 20.3 Å². The first kappa shape index (κ1) is 15.4. The van der Waals surface area contributed by atoms with Crippen LogP contribution in [0.4, 0.5) is 0 Å². The molecule has 1 atom stereocenters. The van der Waals surface area contributed by atoms with Crippen LogP contribution in [0, 0.1) is 19.8 Å². The lowest BCUT2D eigenvalue weighted by atomic mass is 10.1. The van der Waals surface area contributed by atoms with Crippen LogP contribution in [0.15, 0.2) is 18.2 Å². The number of rotatable bonds is 4. The summed E-state index contributed by atoms with van der Waals surface area (Å²) in [5.41, 5.74) is 2.17. The van der Waals surface area contributed by atoms with Crippen molar-refractivity contribution in [3.63, 3.8) is 0 Å². The van der Waals surface area contributed by atoms with Crippen LogP contribution >= 0.6 is 0 Å². The number of hydrogen-bond donors (Lipinski definition) is 0. The molecule has 0 saturated carbocycles. The Labute approximate surface area is 124 Å². The second-order valence-corrected chi connectivity index (χ2v) is 5.34. The summed E-state index contributed by atoms with van der Waals surface area (Å²) in [6.45, 7) is 4.97. The van der Waals surface area contributed by atoms with Crippen LogP contribution in [0.2, 0.25) is 0 Å². The summed E-state index contributed by atoms with van der Waals surface area (Å²) in [5.74, 6) is 0.176. The predicted molar refractivity (Wildman–Crippen MR) is 78.1 cm³/mol. The molecule has 0 spiro atoms. The highest BCUT2D eigenvalue weighted by atomic mass is 16.5. The lowest BCUT2D eigenvalue weighted by molar-refractivity contribution is -0.145. The van der Waals surface area contributed by atoms with Crippen molar-refractivity contribution < 1.29 is 19.1 Å². The molecule has 0 bridgehead atoms. The second-order valence-electron chi connectivity index (χ2n) is 5.34. The lowest BCUT2D eigenvalue weighted by Crippen LogP contribution is -2.34. The van der Waals surface area contributed by atoms with Gasteiger partial charge in [-0.25, -0.2) is 0 Å². The SMILES string of the molecule is COC(=O)C1CCN(C(=O)COc2cccc(C)c2C)C1. The Bertz CT molecular complexity index is 541. The van der Waals surface area contributed by atoms with E-state index >= 15 is 0 Å². The van der Waals surface area contributed by atoms with Crippen LogP contribution in [0.1, 0.15) is 17.5 Å². The highest BCUT2D eigenvalue weighted by Gasteiger charge is 2.31. The number of nitrogens with zero attached hydrogens (tertiary/aromatic N) is 1. The van der Waals surface area contributed by atoms with Crippen molar-refractivity contribution in [1.29, 1.82) is 0 Å². The van der Waals surface area contributed by atoms with E-state index in [-0.39, 0.29) is 24.4 Å². The van der Waals surface area contributed by atoms with Crippen LogP contribution in [-0.2, 0) is 14.3 Å². The number of likely N-dealkylation sites (tertiary alicyclic amines) is 1. The molecule has 1 heterocycles. The van der Waals surface area contributed by atoms with E-state index in [1.165, 1.54) is 7.11 Å². The minimum Gasteiger partial charge on any atom is -0.483 e. The zero-order valence-electron chi connectivity index (χ0n) is 12.7. The fourth-order valence-electron chi connectivity index (χ4n) is 2.46. The summed E-state index contributed by atoms with van der Waals surface area (Å²) in [6.07, 6.45) is 0.655. The predicted octanol–water partition coefficient (Wildman–Crippen LogP) is 1.70. The Hall–Kier alpha value is -2.04. The van der Waals surface area contributed by atoms with E-state index in [1.54, 1.807) is 4.90 Å². The lowest BCUT2D eigenvalue weighted by Gasteiger charge is -2.17. The molecular weight excluding hydrogens is 270 g/mol. The average molecular weight is 291 g/mol. The standard InChI is InChI=1S/C16H21NO4/c1-11-5-4-6-14(12(11)2)21-10-15(18)17-8-7-13(9-17)16(19)20-3/h4-6,13H,7-10H2,1-3H3. The van der Waals surface area contributed by atoms with Gasteiger partial charge in [0.25, 0.3) is 5.91 Å². The van der Waals surface area contributed by atoms with Gasteiger partial charge in [0.05, 0.1) is 13.0 Å². The van der Waals surface area contributed by atoms with Crippen LogP contribution < -0.4 is 4.74 Å². The number of carbonyl (C=O) groups is 2. The number of amides is 1. The van der Waals surface area contributed by atoms with Gasteiger partial charge in [-0.2, -0.15) is 0 Å². The van der Waals surface area contributed by atoms with Crippen molar-refractivity contribution in [1.82, 2.24) is 4.90 Å². The Morgan fingerprint density at radius 1 is 1.33 bits per heavy atom. The third-order valence-corrected chi connectivity index (χ3v) is 3.98. The fourth-order valence-corrected chi connectivity index (χ4v) is 2.46. The molecule has 21 heavy (non-hydrogen) atoms. The third-order valence-electron chi connectivity index (χ3n) is 3.98. The summed E-state index contributed by atoms with van der Waals surface area (Å²) in [4.78, 5) is 25.2. The molecule has 1 unspecified atom stereocenters. The molecule has 1 aliphatic rings. The Morgan fingerprint density at radius 3 is 2.81 bits per heavy atom.